The zero-order chi connectivity index (χ0) is 14.4. The van der Waals surface area contributed by atoms with Crippen molar-refractivity contribution in [2.45, 2.75) is 0 Å². The third-order valence-corrected chi connectivity index (χ3v) is 3.21. The molecule has 2 aromatic heterocycles. The molecule has 20 heavy (non-hydrogen) atoms. The number of hydrogen-bond donors (Lipinski definition) is 1. The van der Waals surface area contributed by atoms with E-state index in [9.17, 15) is 13.2 Å². The summed E-state index contributed by atoms with van der Waals surface area (Å²) in [5.41, 5.74) is 0.505. The van der Waals surface area contributed by atoms with Gasteiger partial charge in [-0.15, -0.1) is 0 Å². The number of halogens is 4. The van der Waals surface area contributed by atoms with Crippen LogP contribution in [0, 0.1) is 22.2 Å². The van der Waals surface area contributed by atoms with Crippen LogP contribution in [0.1, 0.15) is 0 Å². The molecule has 3 nitrogen and oxygen atoms in total. The second-order valence-electron chi connectivity index (χ2n) is 4.01. The zero-order valence-corrected chi connectivity index (χ0v) is 11.2. The maximum atomic E-state index is 13.8. The second kappa shape index (κ2) is 4.60. The van der Waals surface area contributed by atoms with Crippen LogP contribution in [0.25, 0.3) is 16.9 Å². The normalized spacial score (nSPS) is 11.2. The molecule has 2 heterocycles. The van der Waals surface area contributed by atoms with Gasteiger partial charge in [0.25, 0.3) is 0 Å². The minimum absolute atomic E-state index is 0.0969. The van der Waals surface area contributed by atoms with Crippen LogP contribution >= 0.6 is 23.8 Å². The first-order valence-corrected chi connectivity index (χ1v) is 6.17. The van der Waals surface area contributed by atoms with Crippen molar-refractivity contribution in [1.29, 1.82) is 0 Å². The Morgan fingerprint density at radius 1 is 1.10 bits per heavy atom. The molecule has 0 aliphatic carbocycles. The summed E-state index contributed by atoms with van der Waals surface area (Å²) in [7, 11) is 0. The first-order valence-electron chi connectivity index (χ1n) is 5.38. The van der Waals surface area contributed by atoms with Gasteiger partial charge in [0.1, 0.15) is 5.82 Å². The van der Waals surface area contributed by atoms with Gasteiger partial charge in [0.15, 0.2) is 22.1 Å². The number of aromatic amines is 1. The fourth-order valence-electron chi connectivity index (χ4n) is 1.88. The zero-order valence-electron chi connectivity index (χ0n) is 9.62. The van der Waals surface area contributed by atoms with Crippen LogP contribution < -0.4 is 0 Å². The largest absolute Gasteiger partial charge is 0.329 e. The first kappa shape index (κ1) is 13.1. The second-order valence-corrected chi connectivity index (χ2v) is 4.83. The third-order valence-electron chi connectivity index (χ3n) is 2.72. The van der Waals surface area contributed by atoms with Crippen LogP contribution in [-0.4, -0.2) is 14.5 Å². The Morgan fingerprint density at radius 2 is 1.80 bits per heavy atom. The molecule has 102 valence electrons. The Kier molecular flexibility index (Phi) is 3.02. The highest BCUT2D eigenvalue weighted by molar-refractivity contribution is 7.71. The van der Waals surface area contributed by atoms with E-state index in [-0.39, 0.29) is 16.1 Å². The summed E-state index contributed by atoms with van der Waals surface area (Å²) in [5.74, 6) is -3.39. The summed E-state index contributed by atoms with van der Waals surface area (Å²) in [5, 5.41) is 0.367. The monoisotopic (exact) mass is 315 g/mol. The molecule has 0 aliphatic rings. The minimum Gasteiger partial charge on any atom is -0.329 e. The smallest absolute Gasteiger partial charge is 0.184 e. The molecule has 8 heteroatoms. The lowest BCUT2D eigenvalue weighted by atomic mass is 10.2. The highest BCUT2D eigenvalue weighted by Crippen LogP contribution is 2.23. The summed E-state index contributed by atoms with van der Waals surface area (Å²) in [4.78, 5) is 6.80. The average Bonchev–Trinajstić information content (AvgIpc) is 2.69. The van der Waals surface area contributed by atoms with Crippen LogP contribution in [-0.2, 0) is 0 Å². The number of benzene rings is 1. The molecular formula is C12H5ClF3N3S. The quantitative estimate of drug-likeness (QED) is 0.540. The van der Waals surface area contributed by atoms with E-state index in [2.05, 4.69) is 9.97 Å². The van der Waals surface area contributed by atoms with E-state index in [1.807, 2.05) is 0 Å². The molecule has 3 rings (SSSR count). The lowest BCUT2D eigenvalue weighted by Crippen LogP contribution is -2.01. The van der Waals surface area contributed by atoms with E-state index in [1.165, 1.54) is 10.8 Å². The number of imidazole rings is 1. The van der Waals surface area contributed by atoms with Gasteiger partial charge in [-0.1, -0.05) is 11.6 Å². The average molecular weight is 316 g/mol. The molecule has 0 fully saturated rings. The van der Waals surface area contributed by atoms with Crippen molar-refractivity contribution in [3.05, 3.63) is 51.6 Å². The van der Waals surface area contributed by atoms with E-state index in [1.54, 1.807) is 6.07 Å². The van der Waals surface area contributed by atoms with E-state index in [0.29, 0.717) is 16.6 Å². The number of nitrogens with zero attached hydrogens (tertiary/aromatic N) is 2. The van der Waals surface area contributed by atoms with Gasteiger partial charge in [-0.3, -0.25) is 4.57 Å². The Labute approximate surface area is 120 Å². The summed E-state index contributed by atoms with van der Waals surface area (Å²) in [6.45, 7) is 0. The molecule has 3 aromatic rings. The lowest BCUT2D eigenvalue weighted by molar-refractivity contribution is 0.493. The highest BCUT2D eigenvalue weighted by Gasteiger charge is 2.15. The highest BCUT2D eigenvalue weighted by atomic mass is 35.5. The Balaban J connectivity index is 2.38. The van der Waals surface area contributed by atoms with Gasteiger partial charge in [0.2, 0.25) is 0 Å². The van der Waals surface area contributed by atoms with Gasteiger partial charge in [-0.2, -0.15) is 0 Å². The minimum atomic E-state index is -1.27. The number of aromatic nitrogens is 3. The maximum Gasteiger partial charge on any atom is 0.184 e. The van der Waals surface area contributed by atoms with E-state index >= 15 is 0 Å². The van der Waals surface area contributed by atoms with Crippen molar-refractivity contribution in [2.24, 2.45) is 0 Å². The van der Waals surface area contributed by atoms with E-state index in [0.717, 1.165) is 6.07 Å². The van der Waals surface area contributed by atoms with Gasteiger partial charge < -0.3 is 4.98 Å². The van der Waals surface area contributed by atoms with Crippen molar-refractivity contribution >= 4 is 35.0 Å². The molecule has 0 unspecified atom stereocenters. The summed E-state index contributed by atoms with van der Waals surface area (Å²) < 4.78 is 41.4. The van der Waals surface area contributed by atoms with Crippen molar-refractivity contribution in [1.82, 2.24) is 14.5 Å². The molecule has 0 atom stereocenters. The lowest BCUT2D eigenvalue weighted by Gasteiger charge is -2.06. The number of hydrogen-bond acceptors (Lipinski definition) is 2. The molecule has 0 bridgehead atoms. The molecule has 1 aromatic carbocycles. The Hall–Kier alpha value is -1.86. The Morgan fingerprint density at radius 3 is 2.55 bits per heavy atom. The summed E-state index contributed by atoms with van der Waals surface area (Å²) >= 11 is 10.8. The third kappa shape index (κ3) is 1.99. The molecule has 0 radical (unpaired) electrons. The van der Waals surface area contributed by atoms with Gasteiger partial charge in [-0.25, -0.2) is 18.2 Å². The number of fused-ring (bicyclic) bond motifs is 1. The van der Waals surface area contributed by atoms with Crippen molar-refractivity contribution in [3.63, 3.8) is 0 Å². The van der Waals surface area contributed by atoms with Gasteiger partial charge >= 0.3 is 0 Å². The van der Waals surface area contributed by atoms with Crippen molar-refractivity contribution < 1.29 is 13.2 Å². The fourth-order valence-corrected chi connectivity index (χ4v) is 2.33. The molecule has 1 N–H and O–H groups in total. The summed E-state index contributed by atoms with van der Waals surface area (Å²) in [6.07, 6.45) is 1.35. The van der Waals surface area contributed by atoms with Gasteiger partial charge in [0, 0.05) is 18.3 Å². The van der Waals surface area contributed by atoms with Crippen molar-refractivity contribution in [3.8, 4) is 5.69 Å². The van der Waals surface area contributed by atoms with Crippen LogP contribution in [0.15, 0.2) is 24.4 Å². The number of H-pyrrole nitrogens is 1. The fraction of sp³-hybridized carbons (Fsp3) is 0. The Bertz CT molecular complexity index is 888. The first-order chi connectivity index (χ1) is 9.47. The number of rotatable bonds is 1. The van der Waals surface area contributed by atoms with Crippen LogP contribution in [0.2, 0.25) is 5.02 Å². The SMILES string of the molecule is Fc1cc(F)c(-n2c(=S)[nH]c3cc(Cl)cnc32)cc1F. The topological polar surface area (TPSA) is 33.6 Å². The van der Waals surface area contributed by atoms with Crippen LogP contribution in [0.5, 0.6) is 0 Å². The maximum absolute atomic E-state index is 13.8. The van der Waals surface area contributed by atoms with Crippen LogP contribution in [0.3, 0.4) is 0 Å². The van der Waals surface area contributed by atoms with E-state index < -0.39 is 17.5 Å². The molecule has 0 amide bonds. The number of pyridine rings is 1. The van der Waals surface area contributed by atoms with Crippen LogP contribution in [0.4, 0.5) is 13.2 Å². The van der Waals surface area contributed by atoms with Crippen molar-refractivity contribution in [2.75, 3.05) is 0 Å². The van der Waals surface area contributed by atoms with Gasteiger partial charge in [-0.05, 0) is 18.3 Å². The van der Waals surface area contributed by atoms with Gasteiger partial charge in [0.05, 0.1) is 16.2 Å². The molecule has 0 spiro atoms. The molecule has 0 saturated heterocycles. The molecule has 0 saturated carbocycles. The molecule has 0 aliphatic heterocycles. The molecular weight excluding hydrogens is 311 g/mol. The standard InChI is InChI=1S/C12H5ClF3N3S/c13-5-1-9-11(17-4-5)19(12(20)18-9)10-3-7(15)6(14)2-8(10)16/h1-4H,(H,18,20). The number of nitrogens with one attached hydrogen (secondary N) is 1. The predicted octanol–water partition coefficient (Wildman–Crippen LogP) is 4.15. The summed E-state index contributed by atoms with van der Waals surface area (Å²) in [6, 6.07) is 2.74. The van der Waals surface area contributed by atoms with E-state index in [4.69, 9.17) is 23.8 Å². The predicted molar refractivity (Wildman–Crippen MR) is 71.1 cm³/mol.